The molecule has 1 aliphatic heterocycles. The molecule has 7 nitrogen and oxygen atoms in total. The lowest BCUT2D eigenvalue weighted by Gasteiger charge is -2.25. The number of ether oxygens (including phenoxy) is 1. The zero-order valence-corrected chi connectivity index (χ0v) is 16.5. The van der Waals surface area contributed by atoms with Gasteiger partial charge in [-0.1, -0.05) is 29.5 Å². The van der Waals surface area contributed by atoms with Crippen molar-refractivity contribution in [2.45, 2.75) is 0 Å². The van der Waals surface area contributed by atoms with E-state index in [1.54, 1.807) is 22.1 Å². The number of aromatic nitrogens is 3. The molecule has 1 aliphatic rings. The van der Waals surface area contributed by atoms with Crippen molar-refractivity contribution in [3.8, 4) is 5.69 Å². The number of nitrogens with zero attached hydrogens (tertiary/aromatic N) is 4. The third-order valence-electron chi connectivity index (χ3n) is 4.43. The Morgan fingerprint density at radius 2 is 1.93 bits per heavy atom. The highest BCUT2D eigenvalue weighted by atomic mass is 32.1. The number of thiazole rings is 1. The molecule has 0 unspecified atom stereocenters. The molecule has 142 valence electrons. The van der Waals surface area contributed by atoms with Crippen LogP contribution in [0.3, 0.4) is 0 Å². The van der Waals surface area contributed by atoms with Gasteiger partial charge in [0.15, 0.2) is 10.9 Å². The molecule has 1 saturated heterocycles. The van der Waals surface area contributed by atoms with E-state index in [2.05, 4.69) is 15.3 Å². The average molecular weight is 412 g/mol. The molecule has 0 radical (unpaired) electrons. The van der Waals surface area contributed by atoms with Crippen LogP contribution in [0.5, 0.6) is 0 Å². The van der Waals surface area contributed by atoms with Crippen LogP contribution in [0.1, 0.15) is 9.67 Å². The Morgan fingerprint density at radius 3 is 2.71 bits per heavy atom. The fraction of sp³-hybridized carbons (Fsp3) is 0.211. The summed E-state index contributed by atoms with van der Waals surface area (Å²) in [6, 6.07) is 13.5. The first-order valence-electron chi connectivity index (χ1n) is 8.92. The van der Waals surface area contributed by atoms with E-state index in [-0.39, 0.29) is 5.91 Å². The summed E-state index contributed by atoms with van der Waals surface area (Å²) in [5.41, 5.74) is 0.944. The van der Waals surface area contributed by atoms with Gasteiger partial charge in [0.25, 0.3) is 5.91 Å². The average Bonchev–Trinajstić information content (AvgIpc) is 3.44. The Morgan fingerprint density at radius 1 is 1.11 bits per heavy atom. The second kappa shape index (κ2) is 7.34. The number of anilines is 2. The maximum absolute atomic E-state index is 12.6. The lowest BCUT2D eigenvalue weighted by Crippen LogP contribution is -2.36. The molecule has 0 atom stereocenters. The number of hydrogen-bond acceptors (Lipinski definition) is 7. The summed E-state index contributed by atoms with van der Waals surface area (Å²) < 4.78 is 8.16. The minimum atomic E-state index is -0.165. The van der Waals surface area contributed by atoms with Crippen LogP contribution in [0.4, 0.5) is 10.9 Å². The van der Waals surface area contributed by atoms with E-state index in [1.807, 2.05) is 42.6 Å². The molecule has 0 aliphatic carbocycles. The number of benzene rings is 1. The van der Waals surface area contributed by atoms with E-state index in [0.717, 1.165) is 46.7 Å². The molecule has 4 heterocycles. The molecule has 9 heteroatoms. The van der Waals surface area contributed by atoms with E-state index >= 15 is 0 Å². The third-order valence-corrected chi connectivity index (χ3v) is 6.65. The van der Waals surface area contributed by atoms with Crippen LogP contribution in [-0.2, 0) is 4.74 Å². The summed E-state index contributed by atoms with van der Waals surface area (Å²) in [5, 5.41) is 8.29. The van der Waals surface area contributed by atoms with Gasteiger partial charge in [-0.3, -0.25) is 4.79 Å². The number of morpholine rings is 1. The molecule has 0 saturated carbocycles. The van der Waals surface area contributed by atoms with Crippen LogP contribution in [0.25, 0.3) is 15.2 Å². The summed E-state index contributed by atoms with van der Waals surface area (Å²) in [6.45, 7) is 3.18. The molecular formula is C19H17N5O2S2. The summed E-state index contributed by atoms with van der Waals surface area (Å²) in [7, 11) is 0. The summed E-state index contributed by atoms with van der Waals surface area (Å²) in [6.07, 6.45) is 1.83. The summed E-state index contributed by atoms with van der Waals surface area (Å²) in [5.74, 6) is 0.356. The first kappa shape index (κ1) is 17.4. The number of thiophene rings is 1. The van der Waals surface area contributed by atoms with Gasteiger partial charge >= 0.3 is 0 Å². The quantitative estimate of drug-likeness (QED) is 0.555. The smallest absolute Gasteiger partial charge is 0.267 e. The largest absolute Gasteiger partial charge is 0.378 e. The van der Waals surface area contributed by atoms with Crippen molar-refractivity contribution in [3.05, 3.63) is 53.5 Å². The van der Waals surface area contributed by atoms with Crippen molar-refractivity contribution in [1.82, 2.24) is 14.8 Å². The fourth-order valence-corrected chi connectivity index (χ4v) is 5.18. The van der Waals surface area contributed by atoms with Crippen LogP contribution < -0.4 is 10.2 Å². The maximum Gasteiger partial charge on any atom is 0.267 e. The molecule has 1 N–H and O–H groups in total. The number of fused-ring (bicyclic) bond motifs is 1. The van der Waals surface area contributed by atoms with E-state index in [0.29, 0.717) is 10.7 Å². The minimum absolute atomic E-state index is 0.165. The lowest BCUT2D eigenvalue weighted by molar-refractivity contribution is 0.103. The Labute approximate surface area is 169 Å². The van der Waals surface area contributed by atoms with Crippen molar-refractivity contribution >= 4 is 49.1 Å². The van der Waals surface area contributed by atoms with E-state index in [4.69, 9.17) is 9.72 Å². The van der Waals surface area contributed by atoms with Crippen molar-refractivity contribution < 1.29 is 9.53 Å². The van der Waals surface area contributed by atoms with Crippen molar-refractivity contribution in [2.75, 3.05) is 36.5 Å². The lowest BCUT2D eigenvalue weighted by atomic mass is 10.3. The van der Waals surface area contributed by atoms with Crippen molar-refractivity contribution in [2.24, 2.45) is 0 Å². The van der Waals surface area contributed by atoms with Crippen LogP contribution in [-0.4, -0.2) is 47.0 Å². The predicted octanol–water partition coefficient (Wildman–Crippen LogP) is 3.63. The maximum atomic E-state index is 12.6. The van der Waals surface area contributed by atoms with Gasteiger partial charge in [-0.25, -0.2) is 9.67 Å². The van der Waals surface area contributed by atoms with Gasteiger partial charge in [0, 0.05) is 25.4 Å². The third kappa shape index (κ3) is 3.39. The van der Waals surface area contributed by atoms with E-state index in [1.165, 1.54) is 11.3 Å². The molecule has 1 aromatic carbocycles. The number of rotatable bonds is 4. The van der Waals surface area contributed by atoms with Crippen LogP contribution in [0.15, 0.2) is 48.7 Å². The molecule has 4 aromatic rings. The zero-order chi connectivity index (χ0) is 18.9. The topological polar surface area (TPSA) is 72.3 Å². The highest BCUT2D eigenvalue weighted by Gasteiger charge is 2.19. The van der Waals surface area contributed by atoms with Crippen molar-refractivity contribution in [1.29, 1.82) is 0 Å². The molecule has 5 rings (SSSR count). The second-order valence-corrected chi connectivity index (χ2v) is 8.35. The molecule has 28 heavy (non-hydrogen) atoms. The summed E-state index contributed by atoms with van der Waals surface area (Å²) in [4.78, 5) is 21.1. The molecule has 3 aromatic heterocycles. The Bertz CT molecular complexity index is 1080. The molecule has 0 bridgehead atoms. The van der Waals surface area contributed by atoms with Gasteiger partial charge in [-0.2, -0.15) is 5.10 Å². The first-order chi connectivity index (χ1) is 13.8. The fourth-order valence-electron chi connectivity index (χ4n) is 3.02. The predicted molar refractivity (Wildman–Crippen MR) is 112 cm³/mol. The Balaban J connectivity index is 1.31. The monoisotopic (exact) mass is 411 g/mol. The number of nitrogens with one attached hydrogen (secondary N) is 1. The number of carbonyl (C=O) groups is 1. The van der Waals surface area contributed by atoms with Gasteiger partial charge in [0.05, 0.1) is 28.5 Å². The molecule has 0 spiro atoms. The highest BCUT2D eigenvalue weighted by Crippen LogP contribution is 2.35. The number of carbonyl (C=O) groups excluding carboxylic acids is 1. The zero-order valence-electron chi connectivity index (χ0n) is 14.9. The normalized spacial score (nSPS) is 14.5. The van der Waals surface area contributed by atoms with Gasteiger partial charge in [0.1, 0.15) is 4.83 Å². The highest BCUT2D eigenvalue weighted by molar-refractivity contribution is 7.29. The second-order valence-electron chi connectivity index (χ2n) is 6.31. The molecule has 1 amide bonds. The van der Waals surface area contributed by atoms with E-state index < -0.39 is 0 Å². The van der Waals surface area contributed by atoms with Gasteiger partial charge in [0.2, 0.25) is 0 Å². The molecule has 1 fully saturated rings. The van der Waals surface area contributed by atoms with Crippen LogP contribution >= 0.6 is 22.7 Å². The van der Waals surface area contributed by atoms with Crippen LogP contribution in [0, 0.1) is 0 Å². The Kier molecular flexibility index (Phi) is 4.55. The van der Waals surface area contributed by atoms with Gasteiger partial charge in [-0.05, 0) is 18.2 Å². The van der Waals surface area contributed by atoms with Crippen molar-refractivity contribution in [3.63, 3.8) is 0 Å². The van der Waals surface area contributed by atoms with Gasteiger partial charge < -0.3 is 15.0 Å². The standard InChI is InChI=1S/C19H17N5O2S2/c25-17(20-16-6-7-24(22-16)13-4-2-1-3-5-13)14-12-15-18(27-14)21-19(28-15)23-8-10-26-11-9-23/h1-7,12H,8-11H2,(H,20,22,25). The molecular weight excluding hydrogens is 394 g/mol. The first-order valence-corrected chi connectivity index (χ1v) is 10.5. The number of hydrogen-bond donors (Lipinski definition) is 1. The van der Waals surface area contributed by atoms with Crippen LogP contribution in [0.2, 0.25) is 0 Å². The summed E-state index contributed by atoms with van der Waals surface area (Å²) >= 11 is 3.03. The minimum Gasteiger partial charge on any atom is -0.378 e. The number of amides is 1. The van der Waals surface area contributed by atoms with Gasteiger partial charge in [-0.15, -0.1) is 11.3 Å². The SMILES string of the molecule is O=C(Nc1ccn(-c2ccccc2)n1)c1cc2sc(N3CCOCC3)nc2s1. The van der Waals surface area contributed by atoms with E-state index in [9.17, 15) is 4.79 Å². The number of para-hydroxylation sites is 1. The Hall–Kier alpha value is -2.75.